The van der Waals surface area contributed by atoms with Crippen molar-refractivity contribution < 1.29 is 9.47 Å². The summed E-state index contributed by atoms with van der Waals surface area (Å²) < 4.78 is 11.1. The second-order valence-electron chi connectivity index (χ2n) is 5.22. The quantitative estimate of drug-likeness (QED) is 0.602. The van der Waals surface area contributed by atoms with E-state index in [9.17, 15) is 0 Å². The van der Waals surface area contributed by atoms with Gasteiger partial charge in [0, 0.05) is 26.3 Å². The van der Waals surface area contributed by atoms with Crippen molar-refractivity contribution in [3.05, 3.63) is 0 Å². The van der Waals surface area contributed by atoms with Gasteiger partial charge in [-0.15, -0.1) is 0 Å². The Balaban J connectivity index is 2.11. The van der Waals surface area contributed by atoms with Crippen LogP contribution in [0.15, 0.2) is 0 Å². The molecular weight excluding hydrogens is 228 g/mol. The minimum atomic E-state index is 0.188. The van der Waals surface area contributed by atoms with Crippen molar-refractivity contribution in [2.45, 2.75) is 44.8 Å². The summed E-state index contributed by atoms with van der Waals surface area (Å²) in [5, 5.41) is 3.39. The van der Waals surface area contributed by atoms with Gasteiger partial charge in [0.05, 0.1) is 12.7 Å². The third kappa shape index (κ3) is 6.14. The van der Waals surface area contributed by atoms with Gasteiger partial charge in [-0.2, -0.15) is 0 Å². The molecule has 1 aliphatic heterocycles. The minimum Gasteiger partial charge on any atom is -0.382 e. The highest BCUT2D eigenvalue weighted by molar-refractivity contribution is 4.76. The van der Waals surface area contributed by atoms with Gasteiger partial charge < -0.3 is 19.7 Å². The highest BCUT2D eigenvalue weighted by Crippen LogP contribution is 2.17. The van der Waals surface area contributed by atoms with E-state index < -0.39 is 0 Å². The monoisotopic (exact) mass is 258 g/mol. The van der Waals surface area contributed by atoms with Crippen LogP contribution in [-0.4, -0.2) is 64.1 Å². The first kappa shape index (κ1) is 15.9. The zero-order valence-corrected chi connectivity index (χ0v) is 12.3. The summed E-state index contributed by atoms with van der Waals surface area (Å²) in [5.41, 5.74) is 0. The molecule has 1 heterocycles. The molecule has 0 saturated carbocycles. The highest BCUT2D eigenvalue weighted by Gasteiger charge is 2.20. The Labute approximate surface area is 112 Å². The molecule has 0 radical (unpaired) electrons. The van der Waals surface area contributed by atoms with Crippen molar-refractivity contribution in [2.24, 2.45) is 0 Å². The Morgan fingerprint density at radius 2 is 2.28 bits per heavy atom. The third-order valence-corrected chi connectivity index (χ3v) is 3.63. The molecule has 4 nitrogen and oxygen atoms in total. The van der Waals surface area contributed by atoms with Crippen LogP contribution in [0.5, 0.6) is 0 Å². The fraction of sp³-hybridized carbons (Fsp3) is 1.00. The van der Waals surface area contributed by atoms with E-state index in [1.165, 1.54) is 19.4 Å². The molecule has 0 bridgehead atoms. The number of nitrogens with one attached hydrogen (secondary N) is 1. The number of hydrogen-bond donors (Lipinski definition) is 1. The molecule has 18 heavy (non-hydrogen) atoms. The fourth-order valence-electron chi connectivity index (χ4n) is 2.51. The van der Waals surface area contributed by atoms with Crippen molar-refractivity contribution in [3.63, 3.8) is 0 Å². The number of nitrogens with zero attached hydrogens (tertiary/aromatic N) is 1. The zero-order valence-electron chi connectivity index (χ0n) is 12.3. The smallest absolute Gasteiger partial charge is 0.0932 e. The summed E-state index contributed by atoms with van der Waals surface area (Å²) in [6, 6.07) is 0.719. The molecule has 108 valence electrons. The van der Waals surface area contributed by atoms with Gasteiger partial charge in [-0.1, -0.05) is 6.92 Å². The first-order chi connectivity index (χ1) is 8.77. The maximum Gasteiger partial charge on any atom is 0.0932 e. The second-order valence-corrected chi connectivity index (χ2v) is 5.22. The molecule has 0 spiro atoms. The summed E-state index contributed by atoms with van der Waals surface area (Å²) in [5.74, 6) is 0. The average molecular weight is 258 g/mol. The lowest BCUT2D eigenvalue weighted by molar-refractivity contribution is -0.00661. The maximum atomic E-state index is 5.93. The Hall–Kier alpha value is -0.160. The van der Waals surface area contributed by atoms with Gasteiger partial charge in [0.15, 0.2) is 0 Å². The summed E-state index contributed by atoms with van der Waals surface area (Å²) >= 11 is 0. The Bertz CT molecular complexity index is 202. The van der Waals surface area contributed by atoms with Crippen molar-refractivity contribution in [1.82, 2.24) is 10.2 Å². The normalized spacial score (nSPS) is 22.5. The molecule has 0 amide bonds. The van der Waals surface area contributed by atoms with E-state index >= 15 is 0 Å². The molecule has 1 rings (SSSR count). The highest BCUT2D eigenvalue weighted by atomic mass is 16.5. The number of methoxy groups -OCH3 is 1. The SMILES string of the molecule is CCCNCC(COC)OCCC1CCCN1C. The summed E-state index contributed by atoms with van der Waals surface area (Å²) in [6.07, 6.45) is 5.15. The van der Waals surface area contributed by atoms with Crippen LogP contribution in [-0.2, 0) is 9.47 Å². The maximum absolute atomic E-state index is 5.93. The van der Waals surface area contributed by atoms with Crippen LogP contribution in [0.4, 0.5) is 0 Å². The van der Waals surface area contributed by atoms with Gasteiger partial charge >= 0.3 is 0 Å². The Kier molecular flexibility index (Phi) is 8.59. The van der Waals surface area contributed by atoms with Crippen LogP contribution in [0, 0.1) is 0 Å². The predicted molar refractivity (Wildman–Crippen MR) is 75.0 cm³/mol. The van der Waals surface area contributed by atoms with E-state index in [2.05, 4.69) is 24.2 Å². The second kappa shape index (κ2) is 9.73. The van der Waals surface area contributed by atoms with Crippen LogP contribution >= 0.6 is 0 Å². The zero-order chi connectivity index (χ0) is 13.2. The molecule has 0 aliphatic carbocycles. The average Bonchev–Trinajstić information content (AvgIpc) is 2.75. The molecule has 2 unspecified atom stereocenters. The van der Waals surface area contributed by atoms with Gasteiger partial charge in [0.2, 0.25) is 0 Å². The largest absolute Gasteiger partial charge is 0.382 e. The lowest BCUT2D eigenvalue weighted by Crippen LogP contribution is -2.34. The molecular formula is C14H30N2O2. The van der Waals surface area contributed by atoms with E-state index in [0.29, 0.717) is 6.61 Å². The van der Waals surface area contributed by atoms with E-state index in [-0.39, 0.29) is 6.10 Å². The van der Waals surface area contributed by atoms with Crippen LogP contribution < -0.4 is 5.32 Å². The Morgan fingerprint density at radius 1 is 1.44 bits per heavy atom. The molecule has 1 saturated heterocycles. The lowest BCUT2D eigenvalue weighted by atomic mass is 10.1. The van der Waals surface area contributed by atoms with E-state index in [1.54, 1.807) is 7.11 Å². The van der Waals surface area contributed by atoms with Crippen molar-refractivity contribution in [1.29, 1.82) is 0 Å². The van der Waals surface area contributed by atoms with E-state index in [1.807, 2.05) is 0 Å². The summed E-state index contributed by atoms with van der Waals surface area (Å²) in [6.45, 7) is 6.88. The van der Waals surface area contributed by atoms with Crippen molar-refractivity contribution >= 4 is 0 Å². The van der Waals surface area contributed by atoms with E-state index in [4.69, 9.17) is 9.47 Å². The molecule has 0 aromatic heterocycles. The molecule has 1 fully saturated rings. The molecule has 0 aromatic rings. The van der Waals surface area contributed by atoms with E-state index in [0.717, 1.165) is 38.6 Å². The lowest BCUT2D eigenvalue weighted by Gasteiger charge is -2.22. The number of likely N-dealkylation sites (tertiary alicyclic amines) is 1. The third-order valence-electron chi connectivity index (χ3n) is 3.63. The Morgan fingerprint density at radius 3 is 2.89 bits per heavy atom. The molecule has 0 aromatic carbocycles. The van der Waals surface area contributed by atoms with Gasteiger partial charge in [-0.25, -0.2) is 0 Å². The van der Waals surface area contributed by atoms with Crippen molar-refractivity contribution in [2.75, 3.05) is 47.0 Å². The molecule has 1 aliphatic rings. The fourth-order valence-corrected chi connectivity index (χ4v) is 2.51. The molecule has 2 atom stereocenters. The predicted octanol–water partition coefficient (Wildman–Crippen LogP) is 1.50. The summed E-state index contributed by atoms with van der Waals surface area (Å²) in [4.78, 5) is 2.45. The van der Waals surface area contributed by atoms with Crippen LogP contribution in [0.25, 0.3) is 0 Å². The standard InChI is InChI=1S/C14H30N2O2/c1-4-8-15-11-14(12-17-3)18-10-7-13-6-5-9-16(13)2/h13-15H,4-12H2,1-3H3. The number of rotatable bonds is 10. The number of ether oxygens (including phenoxy) is 2. The minimum absolute atomic E-state index is 0.188. The van der Waals surface area contributed by atoms with Gasteiger partial charge in [-0.3, -0.25) is 0 Å². The molecule has 1 N–H and O–H groups in total. The summed E-state index contributed by atoms with van der Waals surface area (Å²) in [7, 11) is 3.95. The van der Waals surface area contributed by atoms with Crippen LogP contribution in [0.2, 0.25) is 0 Å². The number of hydrogen-bond acceptors (Lipinski definition) is 4. The van der Waals surface area contributed by atoms with Crippen LogP contribution in [0.1, 0.15) is 32.6 Å². The molecule has 4 heteroatoms. The van der Waals surface area contributed by atoms with Gasteiger partial charge in [0.1, 0.15) is 0 Å². The van der Waals surface area contributed by atoms with Crippen LogP contribution in [0.3, 0.4) is 0 Å². The van der Waals surface area contributed by atoms with Gasteiger partial charge in [-0.05, 0) is 45.8 Å². The van der Waals surface area contributed by atoms with Gasteiger partial charge in [0.25, 0.3) is 0 Å². The first-order valence-electron chi connectivity index (χ1n) is 7.29. The first-order valence-corrected chi connectivity index (χ1v) is 7.29. The topological polar surface area (TPSA) is 33.7 Å². The van der Waals surface area contributed by atoms with Crippen molar-refractivity contribution in [3.8, 4) is 0 Å².